The minimum Gasteiger partial charge on any atom is -0.495 e. The third-order valence-electron chi connectivity index (χ3n) is 3.63. The van der Waals surface area contributed by atoms with E-state index in [-0.39, 0.29) is 6.04 Å². The zero-order valence-electron chi connectivity index (χ0n) is 11.8. The van der Waals surface area contributed by atoms with Gasteiger partial charge in [0.05, 0.1) is 31.3 Å². The predicted octanol–water partition coefficient (Wildman–Crippen LogP) is 2.08. The van der Waals surface area contributed by atoms with Gasteiger partial charge in [-0.05, 0) is 31.5 Å². The number of aryl methyl sites for hydroxylation is 1. The number of hydrogen-bond acceptors (Lipinski definition) is 4. The monoisotopic (exact) mass is 259 g/mol. The molecular weight excluding hydrogens is 238 g/mol. The maximum absolute atomic E-state index is 9.01. The number of benzene rings is 1. The van der Waals surface area contributed by atoms with Crippen LogP contribution in [0.15, 0.2) is 18.2 Å². The molecule has 1 aromatic rings. The summed E-state index contributed by atoms with van der Waals surface area (Å²) in [5, 5.41) is 12.4. The van der Waals surface area contributed by atoms with Crippen LogP contribution < -0.4 is 15.0 Å². The number of methoxy groups -OCH3 is 1. The number of rotatable bonds is 3. The molecule has 4 nitrogen and oxygen atoms in total. The van der Waals surface area contributed by atoms with Crippen molar-refractivity contribution in [1.29, 1.82) is 5.26 Å². The van der Waals surface area contributed by atoms with Gasteiger partial charge in [0, 0.05) is 19.1 Å². The Morgan fingerprint density at radius 1 is 1.47 bits per heavy atom. The molecule has 1 aliphatic rings. The van der Waals surface area contributed by atoms with Crippen molar-refractivity contribution in [3.8, 4) is 11.8 Å². The standard InChI is InChI=1S/C15H21N3O/c1-11-4-5-15(19-3)14(8-11)18-12(2)9-17-10-13(18)6-7-16/h4-5,8,12-13,17H,6,9-10H2,1-3H3. The summed E-state index contributed by atoms with van der Waals surface area (Å²) in [5.41, 5.74) is 2.30. The highest BCUT2D eigenvalue weighted by Crippen LogP contribution is 2.33. The van der Waals surface area contributed by atoms with E-state index in [9.17, 15) is 0 Å². The number of nitriles is 1. The Kier molecular flexibility index (Phi) is 4.28. The highest BCUT2D eigenvalue weighted by atomic mass is 16.5. The molecular formula is C15H21N3O. The lowest BCUT2D eigenvalue weighted by Gasteiger charge is -2.42. The Morgan fingerprint density at radius 3 is 2.95 bits per heavy atom. The van der Waals surface area contributed by atoms with E-state index in [4.69, 9.17) is 10.00 Å². The van der Waals surface area contributed by atoms with Crippen LogP contribution in [0.1, 0.15) is 18.9 Å². The molecule has 1 heterocycles. The van der Waals surface area contributed by atoms with Gasteiger partial charge < -0.3 is 15.0 Å². The van der Waals surface area contributed by atoms with Crippen LogP contribution in [0.25, 0.3) is 0 Å². The van der Waals surface area contributed by atoms with Gasteiger partial charge in [-0.25, -0.2) is 0 Å². The summed E-state index contributed by atoms with van der Waals surface area (Å²) < 4.78 is 5.48. The summed E-state index contributed by atoms with van der Waals surface area (Å²) in [6.45, 7) is 6.03. The van der Waals surface area contributed by atoms with E-state index in [1.807, 2.05) is 6.07 Å². The summed E-state index contributed by atoms with van der Waals surface area (Å²) in [6, 6.07) is 9.03. The summed E-state index contributed by atoms with van der Waals surface area (Å²) >= 11 is 0. The SMILES string of the molecule is COc1ccc(C)cc1N1C(C)CNCC1CC#N. The van der Waals surface area contributed by atoms with Crippen LogP contribution in [0.5, 0.6) is 5.75 Å². The average Bonchev–Trinajstić information content (AvgIpc) is 2.39. The topological polar surface area (TPSA) is 48.3 Å². The lowest BCUT2D eigenvalue weighted by Crippen LogP contribution is -2.56. The van der Waals surface area contributed by atoms with Gasteiger partial charge in [0.1, 0.15) is 5.75 Å². The summed E-state index contributed by atoms with van der Waals surface area (Å²) in [7, 11) is 1.69. The van der Waals surface area contributed by atoms with E-state index >= 15 is 0 Å². The van der Waals surface area contributed by atoms with Crippen molar-refractivity contribution in [2.24, 2.45) is 0 Å². The van der Waals surface area contributed by atoms with E-state index in [1.165, 1.54) is 5.56 Å². The van der Waals surface area contributed by atoms with Crippen LogP contribution in [-0.4, -0.2) is 32.3 Å². The van der Waals surface area contributed by atoms with E-state index in [0.29, 0.717) is 12.5 Å². The first-order valence-electron chi connectivity index (χ1n) is 6.68. The van der Waals surface area contributed by atoms with E-state index in [0.717, 1.165) is 24.5 Å². The van der Waals surface area contributed by atoms with Crippen LogP contribution in [-0.2, 0) is 0 Å². The zero-order valence-corrected chi connectivity index (χ0v) is 11.8. The molecule has 1 fully saturated rings. The molecule has 1 N–H and O–H groups in total. The van der Waals surface area contributed by atoms with Gasteiger partial charge in [0.15, 0.2) is 0 Å². The second-order valence-electron chi connectivity index (χ2n) is 5.11. The van der Waals surface area contributed by atoms with Crippen molar-refractivity contribution in [3.05, 3.63) is 23.8 Å². The van der Waals surface area contributed by atoms with Crippen LogP contribution in [0, 0.1) is 18.3 Å². The number of piperazine rings is 1. The molecule has 0 radical (unpaired) electrons. The van der Waals surface area contributed by atoms with Gasteiger partial charge in [0.25, 0.3) is 0 Å². The maximum atomic E-state index is 9.01. The van der Waals surface area contributed by atoms with Crippen molar-refractivity contribution < 1.29 is 4.74 Å². The number of nitrogens with one attached hydrogen (secondary N) is 1. The third kappa shape index (κ3) is 2.82. The first-order chi connectivity index (χ1) is 9.17. The summed E-state index contributed by atoms with van der Waals surface area (Å²) in [4.78, 5) is 2.32. The molecule has 2 atom stereocenters. The number of hydrogen-bond donors (Lipinski definition) is 1. The molecule has 4 heteroatoms. The fourth-order valence-electron chi connectivity index (χ4n) is 2.73. The molecule has 0 amide bonds. The van der Waals surface area contributed by atoms with Gasteiger partial charge in [-0.15, -0.1) is 0 Å². The molecule has 2 rings (SSSR count). The quantitative estimate of drug-likeness (QED) is 0.903. The Morgan fingerprint density at radius 2 is 2.26 bits per heavy atom. The molecule has 0 bridgehead atoms. The number of nitrogens with zero attached hydrogens (tertiary/aromatic N) is 2. The van der Waals surface area contributed by atoms with Crippen molar-refractivity contribution in [2.75, 3.05) is 25.1 Å². The lowest BCUT2D eigenvalue weighted by molar-refractivity contribution is 0.390. The predicted molar refractivity (Wildman–Crippen MR) is 76.6 cm³/mol. The fraction of sp³-hybridized carbons (Fsp3) is 0.533. The smallest absolute Gasteiger partial charge is 0.142 e. The summed E-state index contributed by atoms with van der Waals surface area (Å²) in [5.74, 6) is 0.877. The normalized spacial score (nSPS) is 22.9. The molecule has 2 unspecified atom stereocenters. The minimum absolute atomic E-state index is 0.199. The molecule has 0 aliphatic carbocycles. The molecule has 1 aliphatic heterocycles. The van der Waals surface area contributed by atoms with Crippen molar-refractivity contribution in [1.82, 2.24) is 5.32 Å². The summed E-state index contributed by atoms with van der Waals surface area (Å²) in [6.07, 6.45) is 0.522. The Labute approximate surface area is 115 Å². The van der Waals surface area contributed by atoms with Gasteiger partial charge in [-0.3, -0.25) is 0 Å². The third-order valence-corrected chi connectivity index (χ3v) is 3.63. The largest absolute Gasteiger partial charge is 0.495 e. The second kappa shape index (κ2) is 5.94. The number of ether oxygens (including phenoxy) is 1. The lowest BCUT2D eigenvalue weighted by atomic mass is 10.0. The van der Waals surface area contributed by atoms with E-state index in [2.05, 4.69) is 42.3 Å². The average molecular weight is 259 g/mol. The van der Waals surface area contributed by atoms with Crippen LogP contribution in [0.3, 0.4) is 0 Å². The molecule has 1 saturated heterocycles. The molecule has 19 heavy (non-hydrogen) atoms. The Hall–Kier alpha value is -1.73. The maximum Gasteiger partial charge on any atom is 0.142 e. The van der Waals surface area contributed by atoms with Gasteiger partial charge in [-0.1, -0.05) is 6.07 Å². The highest BCUT2D eigenvalue weighted by molar-refractivity contribution is 5.61. The molecule has 0 aromatic heterocycles. The second-order valence-corrected chi connectivity index (χ2v) is 5.11. The van der Waals surface area contributed by atoms with Gasteiger partial charge >= 0.3 is 0 Å². The van der Waals surface area contributed by atoms with Gasteiger partial charge in [0.2, 0.25) is 0 Å². The number of anilines is 1. The molecule has 0 spiro atoms. The van der Waals surface area contributed by atoms with E-state index in [1.54, 1.807) is 7.11 Å². The molecule has 102 valence electrons. The van der Waals surface area contributed by atoms with Crippen LogP contribution in [0.2, 0.25) is 0 Å². The minimum atomic E-state index is 0.199. The molecule has 1 aromatic carbocycles. The van der Waals surface area contributed by atoms with Crippen molar-refractivity contribution >= 4 is 5.69 Å². The van der Waals surface area contributed by atoms with E-state index < -0.39 is 0 Å². The first kappa shape index (κ1) is 13.7. The van der Waals surface area contributed by atoms with Crippen LogP contribution >= 0.6 is 0 Å². The first-order valence-corrected chi connectivity index (χ1v) is 6.68. The molecule has 0 saturated carbocycles. The fourth-order valence-corrected chi connectivity index (χ4v) is 2.73. The Bertz CT molecular complexity index is 481. The van der Waals surface area contributed by atoms with Gasteiger partial charge in [-0.2, -0.15) is 5.26 Å². The zero-order chi connectivity index (χ0) is 13.8. The highest BCUT2D eigenvalue weighted by Gasteiger charge is 2.29. The van der Waals surface area contributed by atoms with Crippen LogP contribution in [0.4, 0.5) is 5.69 Å². The van der Waals surface area contributed by atoms with Crippen molar-refractivity contribution in [2.45, 2.75) is 32.4 Å². The Balaban J connectivity index is 2.40. The van der Waals surface area contributed by atoms with Crippen molar-refractivity contribution in [3.63, 3.8) is 0 Å².